The highest BCUT2D eigenvalue weighted by molar-refractivity contribution is 5.99. The number of carbonyl (C=O) groups is 2. The molecule has 1 aromatic carbocycles. The summed E-state index contributed by atoms with van der Waals surface area (Å²) in [7, 11) is 0. The molecule has 9 heteroatoms. The molecule has 0 saturated heterocycles. The largest absolute Gasteiger partial charge is 0.395 e. The van der Waals surface area contributed by atoms with Crippen molar-refractivity contribution >= 4 is 23.5 Å². The number of carbonyl (C=O) groups excluding carboxylic acids is 2. The zero-order valence-corrected chi connectivity index (χ0v) is 18.3. The summed E-state index contributed by atoms with van der Waals surface area (Å²) in [5.41, 5.74) is 1.95. The van der Waals surface area contributed by atoms with Crippen molar-refractivity contribution in [3.05, 3.63) is 83.4 Å². The van der Waals surface area contributed by atoms with E-state index in [4.69, 9.17) is 0 Å². The smallest absolute Gasteiger partial charge is 0.255 e. The molecule has 3 N–H and O–H groups in total. The molecule has 3 aromatic rings. The Labute approximate surface area is 191 Å². The topological polar surface area (TPSA) is 107 Å². The number of pyridine rings is 2. The Morgan fingerprint density at radius 3 is 2.64 bits per heavy atom. The van der Waals surface area contributed by atoms with E-state index in [9.17, 15) is 19.1 Å². The Morgan fingerprint density at radius 1 is 1.12 bits per heavy atom. The van der Waals surface area contributed by atoms with Gasteiger partial charge in [0.25, 0.3) is 5.91 Å². The number of nitrogens with zero attached hydrogens (tertiary/aromatic N) is 3. The van der Waals surface area contributed by atoms with Gasteiger partial charge in [0.15, 0.2) is 0 Å². The summed E-state index contributed by atoms with van der Waals surface area (Å²) in [5, 5.41) is 15.3. The third-order valence-electron chi connectivity index (χ3n) is 4.88. The number of aromatic nitrogens is 2. The molecule has 2 heterocycles. The first-order valence-electron chi connectivity index (χ1n) is 10.5. The molecule has 3 rings (SSSR count). The van der Waals surface area contributed by atoms with Gasteiger partial charge in [0, 0.05) is 32.4 Å². The fourth-order valence-electron chi connectivity index (χ4n) is 3.25. The van der Waals surface area contributed by atoms with Crippen LogP contribution in [-0.2, 0) is 17.8 Å². The van der Waals surface area contributed by atoms with E-state index in [-0.39, 0.29) is 36.6 Å². The second-order valence-corrected chi connectivity index (χ2v) is 7.31. The average molecular weight is 452 g/mol. The molecule has 0 radical (unpaired) electrons. The van der Waals surface area contributed by atoms with E-state index >= 15 is 0 Å². The van der Waals surface area contributed by atoms with Crippen molar-refractivity contribution in [2.75, 3.05) is 29.9 Å². The Hall–Kier alpha value is -3.85. The summed E-state index contributed by atoms with van der Waals surface area (Å²) in [6, 6.07) is 13.1. The first-order chi connectivity index (χ1) is 16.0. The molecule has 0 saturated carbocycles. The first kappa shape index (κ1) is 23.8. The molecule has 0 spiro atoms. The lowest BCUT2D eigenvalue weighted by atomic mass is 10.1. The van der Waals surface area contributed by atoms with Gasteiger partial charge < -0.3 is 15.7 Å². The third-order valence-corrected chi connectivity index (χ3v) is 4.88. The molecule has 0 aliphatic carbocycles. The number of hydrogen-bond donors (Lipinski definition) is 3. The van der Waals surface area contributed by atoms with Crippen LogP contribution in [0.3, 0.4) is 0 Å². The van der Waals surface area contributed by atoms with E-state index in [1.54, 1.807) is 36.7 Å². The van der Waals surface area contributed by atoms with Crippen molar-refractivity contribution in [2.24, 2.45) is 0 Å². The minimum absolute atomic E-state index is 0.0810. The van der Waals surface area contributed by atoms with E-state index in [2.05, 4.69) is 20.6 Å². The molecule has 0 aliphatic rings. The molecule has 0 bridgehead atoms. The number of nitrogens with one attached hydrogen (secondary N) is 2. The standard InChI is InChI=1S/C24H26FN5O3/c1-17(32)30(12-13-31)22-8-7-21(24(33)28-16-19-5-3-10-26-15-19)23(29-22)27-11-9-18-4-2-6-20(25)14-18/h2-8,10,14-15,31H,9,11-13,16H2,1H3,(H,27,29)(H,28,33). The molecule has 0 unspecified atom stereocenters. The molecule has 8 nitrogen and oxygen atoms in total. The van der Waals surface area contributed by atoms with Gasteiger partial charge in [-0.1, -0.05) is 18.2 Å². The maximum atomic E-state index is 13.5. The van der Waals surface area contributed by atoms with E-state index in [1.807, 2.05) is 12.1 Å². The summed E-state index contributed by atoms with van der Waals surface area (Å²) >= 11 is 0. The molecule has 2 aromatic heterocycles. The monoisotopic (exact) mass is 451 g/mol. The van der Waals surface area contributed by atoms with E-state index in [0.29, 0.717) is 30.9 Å². The fraction of sp³-hybridized carbons (Fsp3) is 0.250. The van der Waals surface area contributed by atoms with Gasteiger partial charge in [0.05, 0.1) is 18.7 Å². The number of aliphatic hydroxyl groups is 1. The lowest BCUT2D eigenvalue weighted by Gasteiger charge is -2.21. The van der Waals surface area contributed by atoms with E-state index < -0.39 is 0 Å². The summed E-state index contributed by atoms with van der Waals surface area (Å²) in [5.74, 6) is -0.340. The Bertz CT molecular complexity index is 1090. The lowest BCUT2D eigenvalue weighted by molar-refractivity contribution is -0.116. The van der Waals surface area contributed by atoms with Crippen LogP contribution in [0.1, 0.15) is 28.4 Å². The highest BCUT2D eigenvalue weighted by atomic mass is 19.1. The highest BCUT2D eigenvalue weighted by Crippen LogP contribution is 2.20. The van der Waals surface area contributed by atoms with Gasteiger partial charge in [-0.3, -0.25) is 19.5 Å². The molecule has 2 amide bonds. The predicted molar refractivity (Wildman–Crippen MR) is 123 cm³/mol. The van der Waals surface area contributed by atoms with Crippen molar-refractivity contribution in [1.29, 1.82) is 0 Å². The zero-order valence-electron chi connectivity index (χ0n) is 18.3. The van der Waals surface area contributed by atoms with Gasteiger partial charge in [0.1, 0.15) is 17.5 Å². The van der Waals surface area contributed by atoms with Crippen molar-refractivity contribution in [3.8, 4) is 0 Å². The zero-order chi connectivity index (χ0) is 23.6. The molecule has 0 aliphatic heterocycles. The Balaban J connectivity index is 1.80. The van der Waals surface area contributed by atoms with Crippen LogP contribution in [0.5, 0.6) is 0 Å². The minimum atomic E-state index is -0.345. The summed E-state index contributed by atoms with van der Waals surface area (Å²) < 4.78 is 13.5. The van der Waals surface area contributed by atoms with Crippen LogP contribution < -0.4 is 15.5 Å². The van der Waals surface area contributed by atoms with Crippen LogP contribution in [0, 0.1) is 5.82 Å². The summed E-state index contributed by atoms with van der Waals surface area (Å²) in [6.45, 7) is 1.92. The van der Waals surface area contributed by atoms with Crippen molar-refractivity contribution in [2.45, 2.75) is 19.9 Å². The molecule has 172 valence electrons. The number of amides is 2. The van der Waals surface area contributed by atoms with E-state index in [0.717, 1.165) is 11.1 Å². The van der Waals surface area contributed by atoms with Gasteiger partial charge >= 0.3 is 0 Å². The van der Waals surface area contributed by atoms with Crippen molar-refractivity contribution in [3.63, 3.8) is 0 Å². The molecule has 33 heavy (non-hydrogen) atoms. The van der Waals surface area contributed by atoms with Gasteiger partial charge in [-0.25, -0.2) is 9.37 Å². The van der Waals surface area contributed by atoms with Crippen LogP contribution >= 0.6 is 0 Å². The van der Waals surface area contributed by atoms with Gasteiger partial charge in [-0.05, 0) is 47.9 Å². The SMILES string of the molecule is CC(=O)N(CCO)c1ccc(C(=O)NCc2cccnc2)c(NCCc2cccc(F)c2)n1. The number of hydrogen-bond acceptors (Lipinski definition) is 6. The van der Waals surface area contributed by atoms with Crippen molar-refractivity contribution in [1.82, 2.24) is 15.3 Å². The highest BCUT2D eigenvalue weighted by Gasteiger charge is 2.18. The van der Waals surface area contributed by atoms with Crippen LogP contribution in [0.15, 0.2) is 60.9 Å². The molecular weight excluding hydrogens is 425 g/mol. The number of rotatable bonds is 10. The third kappa shape index (κ3) is 6.81. The normalized spacial score (nSPS) is 10.5. The molecule has 0 atom stereocenters. The second kappa shape index (κ2) is 11.7. The second-order valence-electron chi connectivity index (χ2n) is 7.31. The van der Waals surface area contributed by atoms with Crippen LogP contribution in [-0.4, -0.2) is 46.6 Å². The predicted octanol–water partition coefficient (Wildman–Crippen LogP) is 2.55. The van der Waals surface area contributed by atoms with Gasteiger partial charge in [-0.2, -0.15) is 0 Å². The Morgan fingerprint density at radius 2 is 1.94 bits per heavy atom. The number of halogens is 1. The van der Waals surface area contributed by atoms with Gasteiger partial charge in [0.2, 0.25) is 5.91 Å². The summed E-state index contributed by atoms with van der Waals surface area (Å²) in [4.78, 5) is 34.7. The minimum Gasteiger partial charge on any atom is -0.395 e. The maximum absolute atomic E-state index is 13.5. The maximum Gasteiger partial charge on any atom is 0.255 e. The first-order valence-corrected chi connectivity index (χ1v) is 10.5. The summed E-state index contributed by atoms with van der Waals surface area (Å²) in [6.07, 6.45) is 3.83. The number of aliphatic hydroxyl groups excluding tert-OH is 1. The Kier molecular flexibility index (Phi) is 8.43. The van der Waals surface area contributed by atoms with Crippen molar-refractivity contribution < 1.29 is 19.1 Å². The molecular formula is C24H26FN5O3. The molecule has 0 fully saturated rings. The average Bonchev–Trinajstić information content (AvgIpc) is 2.81. The van der Waals surface area contributed by atoms with Crippen LogP contribution in [0.2, 0.25) is 0 Å². The fourth-order valence-corrected chi connectivity index (χ4v) is 3.25. The lowest BCUT2D eigenvalue weighted by Crippen LogP contribution is -2.32. The van der Waals surface area contributed by atoms with Crippen LogP contribution in [0.4, 0.5) is 16.0 Å². The number of anilines is 2. The van der Waals surface area contributed by atoms with Gasteiger partial charge in [-0.15, -0.1) is 0 Å². The quantitative estimate of drug-likeness (QED) is 0.437. The number of benzene rings is 1. The van der Waals surface area contributed by atoms with E-state index in [1.165, 1.54) is 24.0 Å². The van der Waals surface area contributed by atoms with Crippen LogP contribution in [0.25, 0.3) is 0 Å².